The molecule has 1 aliphatic carbocycles. The van der Waals surface area contributed by atoms with Crippen molar-refractivity contribution < 1.29 is 0 Å². The Morgan fingerprint density at radius 1 is 1.43 bits per heavy atom. The van der Waals surface area contributed by atoms with E-state index in [1.54, 1.807) is 6.20 Å². The summed E-state index contributed by atoms with van der Waals surface area (Å²) in [7, 11) is 2.00. The van der Waals surface area contributed by atoms with E-state index in [1.807, 2.05) is 11.6 Å². The summed E-state index contributed by atoms with van der Waals surface area (Å²) in [4.78, 5) is 13.1. The van der Waals surface area contributed by atoms with Crippen LogP contribution < -0.4 is 0 Å². The molecular formula is C9H9BrN4. The van der Waals surface area contributed by atoms with Gasteiger partial charge in [0.25, 0.3) is 0 Å². The quantitative estimate of drug-likeness (QED) is 0.780. The van der Waals surface area contributed by atoms with Gasteiger partial charge in [0.2, 0.25) is 0 Å². The van der Waals surface area contributed by atoms with E-state index in [-0.39, 0.29) is 0 Å². The van der Waals surface area contributed by atoms with E-state index in [2.05, 4.69) is 30.9 Å². The van der Waals surface area contributed by atoms with Crippen LogP contribution in [-0.4, -0.2) is 19.5 Å². The molecule has 0 aromatic carbocycles. The zero-order chi connectivity index (χ0) is 9.71. The van der Waals surface area contributed by atoms with Gasteiger partial charge in [-0.1, -0.05) is 0 Å². The Morgan fingerprint density at radius 2 is 2.21 bits per heavy atom. The Kier molecular flexibility index (Phi) is 1.65. The van der Waals surface area contributed by atoms with Gasteiger partial charge in [-0.05, 0) is 28.8 Å². The lowest BCUT2D eigenvalue weighted by Gasteiger charge is -1.97. The van der Waals surface area contributed by atoms with Crippen LogP contribution in [0.3, 0.4) is 0 Å². The van der Waals surface area contributed by atoms with Crippen LogP contribution in [-0.2, 0) is 7.05 Å². The predicted molar refractivity (Wildman–Crippen MR) is 56.0 cm³/mol. The van der Waals surface area contributed by atoms with Crippen LogP contribution in [0.2, 0.25) is 0 Å². The average Bonchev–Trinajstić information content (AvgIpc) is 2.95. The van der Waals surface area contributed by atoms with Crippen molar-refractivity contribution in [3.8, 4) is 0 Å². The Bertz CT molecular complexity index is 501. The number of hydrogen-bond donors (Lipinski definition) is 0. The molecule has 0 spiro atoms. The van der Waals surface area contributed by atoms with Crippen LogP contribution in [0.5, 0.6) is 0 Å². The maximum atomic E-state index is 4.48. The van der Waals surface area contributed by atoms with Crippen LogP contribution in [0.1, 0.15) is 24.6 Å². The van der Waals surface area contributed by atoms with E-state index in [1.165, 1.54) is 12.8 Å². The summed E-state index contributed by atoms with van der Waals surface area (Å²) in [6.45, 7) is 0. The summed E-state index contributed by atoms with van der Waals surface area (Å²) >= 11 is 3.31. The molecule has 72 valence electrons. The van der Waals surface area contributed by atoms with Gasteiger partial charge >= 0.3 is 0 Å². The molecule has 5 heteroatoms. The lowest BCUT2D eigenvalue weighted by Crippen LogP contribution is -1.96. The number of aryl methyl sites for hydroxylation is 1. The summed E-state index contributed by atoms with van der Waals surface area (Å²) in [5, 5.41) is 0. The van der Waals surface area contributed by atoms with Crippen LogP contribution in [0.4, 0.5) is 0 Å². The summed E-state index contributed by atoms with van der Waals surface area (Å²) in [6, 6.07) is 0. The zero-order valence-electron chi connectivity index (χ0n) is 7.74. The molecule has 0 N–H and O–H groups in total. The molecule has 2 heterocycles. The normalized spacial score (nSPS) is 16.4. The first-order chi connectivity index (χ1) is 6.75. The van der Waals surface area contributed by atoms with E-state index in [0.29, 0.717) is 5.92 Å². The van der Waals surface area contributed by atoms with Crippen LogP contribution in [0.25, 0.3) is 11.3 Å². The molecule has 0 radical (unpaired) electrons. The van der Waals surface area contributed by atoms with E-state index in [9.17, 15) is 0 Å². The van der Waals surface area contributed by atoms with Gasteiger partial charge in [0.15, 0.2) is 11.3 Å². The maximum Gasteiger partial charge on any atom is 0.197 e. The van der Waals surface area contributed by atoms with Gasteiger partial charge in [-0.3, -0.25) is 0 Å². The van der Waals surface area contributed by atoms with Gasteiger partial charge in [0, 0.05) is 13.0 Å². The number of hydrogen-bond acceptors (Lipinski definition) is 3. The molecule has 2 aromatic rings. The molecule has 0 atom stereocenters. The lowest BCUT2D eigenvalue weighted by molar-refractivity contribution is 0.812. The molecular weight excluding hydrogens is 244 g/mol. The first kappa shape index (κ1) is 8.35. The molecule has 1 aliphatic rings. The molecule has 2 aromatic heterocycles. The molecule has 4 nitrogen and oxygen atoms in total. The van der Waals surface area contributed by atoms with Crippen molar-refractivity contribution in [1.82, 2.24) is 19.5 Å². The van der Waals surface area contributed by atoms with E-state index in [0.717, 1.165) is 21.7 Å². The molecule has 0 unspecified atom stereocenters. The van der Waals surface area contributed by atoms with Crippen molar-refractivity contribution in [3.05, 3.63) is 16.6 Å². The van der Waals surface area contributed by atoms with Gasteiger partial charge in [0.1, 0.15) is 10.4 Å². The van der Waals surface area contributed by atoms with Crippen molar-refractivity contribution >= 4 is 27.2 Å². The topological polar surface area (TPSA) is 43.6 Å². The third kappa shape index (κ3) is 1.15. The highest BCUT2D eigenvalue weighted by molar-refractivity contribution is 9.10. The standard InChI is InChI=1S/C9H9BrN4/c1-14-8(5-2-3-5)13-7-9(14)12-6(10)4-11-7/h4-5H,2-3H2,1H3. The molecule has 0 aliphatic heterocycles. The number of nitrogens with zero attached hydrogens (tertiary/aromatic N) is 4. The fourth-order valence-corrected chi connectivity index (χ4v) is 1.93. The van der Waals surface area contributed by atoms with Crippen LogP contribution in [0.15, 0.2) is 10.8 Å². The minimum Gasteiger partial charge on any atom is -0.314 e. The zero-order valence-corrected chi connectivity index (χ0v) is 9.32. The maximum absolute atomic E-state index is 4.48. The smallest absolute Gasteiger partial charge is 0.197 e. The Morgan fingerprint density at radius 3 is 2.93 bits per heavy atom. The summed E-state index contributed by atoms with van der Waals surface area (Å²) in [5.74, 6) is 1.76. The van der Waals surface area contributed by atoms with Crippen molar-refractivity contribution in [2.45, 2.75) is 18.8 Å². The van der Waals surface area contributed by atoms with E-state index < -0.39 is 0 Å². The molecule has 3 rings (SSSR count). The number of aromatic nitrogens is 4. The summed E-state index contributed by atoms with van der Waals surface area (Å²) in [5.41, 5.74) is 1.61. The van der Waals surface area contributed by atoms with Gasteiger partial charge in [0.05, 0.1) is 6.20 Å². The lowest BCUT2D eigenvalue weighted by atomic mass is 10.4. The third-order valence-corrected chi connectivity index (χ3v) is 2.91. The Balaban J connectivity index is 2.29. The van der Waals surface area contributed by atoms with E-state index >= 15 is 0 Å². The fourth-order valence-electron chi connectivity index (χ4n) is 1.65. The molecule has 0 saturated heterocycles. The van der Waals surface area contributed by atoms with Crippen molar-refractivity contribution in [2.75, 3.05) is 0 Å². The predicted octanol–water partition coefficient (Wildman–Crippen LogP) is 2.00. The Labute approximate surface area is 89.5 Å². The first-order valence-corrected chi connectivity index (χ1v) is 5.40. The minimum atomic E-state index is 0.634. The van der Waals surface area contributed by atoms with Crippen LogP contribution in [0, 0.1) is 0 Å². The average molecular weight is 253 g/mol. The summed E-state index contributed by atoms with van der Waals surface area (Å²) in [6.07, 6.45) is 4.18. The SMILES string of the molecule is Cn1c(C2CC2)nc2ncc(Br)nc21. The molecule has 0 amide bonds. The second-order valence-corrected chi connectivity index (χ2v) is 4.46. The highest BCUT2D eigenvalue weighted by Gasteiger charge is 2.29. The number of imidazole rings is 1. The molecule has 0 bridgehead atoms. The third-order valence-electron chi connectivity index (χ3n) is 2.53. The monoisotopic (exact) mass is 252 g/mol. The fraction of sp³-hybridized carbons (Fsp3) is 0.444. The second-order valence-electron chi connectivity index (χ2n) is 3.64. The molecule has 1 fully saturated rings. The van der Waals surface area contributed by atoms with Crippen molar-refractivity contribution in [2.24, 2.45) is 7.05 Å². The summed E-state index contributed by atoms with van der Waals surface area (Å²) < 4.78 is 2.81. The van der Waals surface area contributed by atoms with Gasteiger partial charge in [-0.25, -0.2) is 15.0 Å². The van der Waals surface area contributed by atoms with Crippen molar-refractivity contribution in [3.63, 3.8) is 0 Å². The number of fused-ring (bicyclic) bond motifs is 1. The van der Waals surface area contributed by atoms with E-state index in [4.69, 9.17) is 0 Å². The highest BCUT2D eigenvalue weighted by atomic mass is 79.9. The Hall–Kier alpha value is -0.970. The highest BCUT2D eigenvalue weighted by Crippen LogP contribution is 2.39. The van der Waals surface area contributed by atoms with Crippen molar-refractivity contribution in [1.29, 1.82) is 0 Å². The van der Waals surface area contributed by atoms with Crippen LogP contribution >= 0.6 is 15.9 Å². The molecule has 1 saturated carbocycles. The first-order valence-electron chi connectivity index (χ1n) is 4.60. The second kappa shape index (κ2) is 2.76. The molecule has 14 heavy (non-hydrogen) atoms. The number of rotatable bonds is 1. The number of halogens is 1. The van der Waals surface area contributed by atoms with Gasteiger partial charge in [-0.2, -0.15) is 0 Å². The largest absolute Gasteiger partial charge is 0.314 e. The van der Waals surface area contributed by atoms with Gasteiger partial charge < -0.3 is 4.57 Å². The minimum absolute atomic E-state index is 0.634. The van der Waals surface area contributed by atoms with Gasteiger partial charge in [-0.15, -0.1) is 0 Å².